The summed E-state index contributed by atoms with van der Waals surface area (Å²) in [6.45, 7) is 2.34. The van der Waals surface area contributed by atoms with Gasteiger partial charge < -0.3 is 4.74 Å². The van der Waals surface area contributed by atoms with Crippen LogP contribution in [0.2, 0.25) is 0 Å². The molecule has 2 aromatic rings. The minimum absolute atomic E-state index is 0.303. The maximum atomic E-state index is 12.1. The number of amides is 1. The molecule has 0 radical (unpaired) electrons. The largest absolute Gasteiger partial charge is 0.493 e. The first kappa shape index (κ1) is 13.1. The number of anilines is 1. The van der Waals surface area contributed by atoms with Crippen LogP contribution < -0.4 is 10.1 Å². The molecule has 0 saturated carbocycles. The quantitative estimate of drug-likeness (QED) is 0.929. The van der Waals surface area contributed by atoms with E-state index in [4.69, 9.17) is 10.00 Å². The molecule has 19 heavy (non-hydrogen) atoms. The number of carbonyl (C=O) groups is 1. The molecule has 1 aromatic carbocycles. The molecule has 0 unspecified atom stereocenters. The van der Waals surface area contributed by atoms with Gasteiger partial charge in [-0.2, -0.15) is 5.26 Å². The average Bonchev–Trinajstić information content (AvgIpc) is 2.87. The number of nitrogens with one attached hydrogen (secondary N) is 1. The van der Waals surface area contributed by atoms with Gasteiger partial charge in [0.25, 0.3) is 5.91 Å². The lowest BCUT2D eigenvalue weighted by atomic mass is 10.2. The highest BCUT2D eigenvalue weighted by molar-refractivity contribution is 7.16. The third-order valence-electron chi connectivity index (χ3n) is 2.27. The summed E-state index contributed by atoms with van der Waals surface area (Å²) in [5.41, 5.74) is 0.443. The topological polar surface area (TPSA) is 75.0 Å². The van der Waals surface area contributed by atoms with Crippen LogP contribution in [0.4, 0.5) is 5.13 Å². The normalized spacial score (nSPS) is 9.68. The number of hydrogen-bond acceptors (Lipinski definition) is 5. The van der Waals surface area contributed by atoms with Crippen molar-refractivity contribution in [2.24, 2.45) is 0 Å². The van der Waals surface area contributed by atoms with E-state index >= 15 is 0 Å². The third-order valence-corrected chi connectivity index (χ3v) is 3.09. The van der Waals surface area contributed by atoms with E-state index in [1.807, 2.05) is 13.0 Å². The minimum atomic E-state index is -0.303. The molecule has 0 spiro atoms. The van der Waals surface area contributed by atoms with E-state index in [2.05, 4.69) is 10.3 Å². The number of thiazole rings is 1. The van der Waals surface area contributed by atoms with Crippen LogP contribution in [-0.4, -0.2) is 17.5 Å². The molecule has 0 atom stereocenters. The second kappa shape index (κ2) is 5.98. The Bertz CT molecular complexity index is 631. The van der Waals surface area contributed by atoms with E-state index in [9.17, 15) is 4.79 Å². The molecule has 0 fully saturated rings. The number of rotatable bonds is 4. The predicted molar refractivity (Wildman–Crippen MR) is 72.4 cm³/mol. The fourth-order valence-electron chi connectivity index (χ4n) is 1.48. The highest BCUT2D eigenvalue weighted by Crippen LogP contribution is 2.22. The predicted octanol–water partition coefficient (Wildman–Crippen LogP) is 2.67. The van der Waals surface area contributed by atoms with E-state index in [0.717, 1.165) is 11.3 Å². The van der Waals surface area contributed by atoms with Crippen molar-refractivity contribution in [2.75, 3.05) is 11.9 Å². The molecule has 5 nitrogen and oxygen atoms in total. The molecule has 0 aliphatic heterocycles. The molecule has 1 heterocycles. The molecule has 96 valence electrons. The molecule has 0 saturated heterocycles. The Hall–Kier alpha value is -2.39. The SMILES string of the molecule is CCOc1ccccc1C(=O)Nc1ncc(C#N)s1. The fourth-order valence-corrected chi connectivity index (χ4v) is 2.09. The first-order chi connectivity index (χ1) is 9.24. The molecule has 6 heteroatoms. The monoisotopic (exact) mass is 273 g/mol. The number of hydrogen-bond donors (Lipinski definition) is 1. The van der Waals surface area contributed by atoms with Crippen molar-refractivity contribution in [3.05, 3.63) is 40.9 Å². The van der Waals surface area contributed by atoms with E-state index in [-0.39, 0.29) is 5.91 Å². The lowest BCUT2D eigenvalue weighted by Crippen LogP contribution is -2.13. The highest BCUT2D eigenvalue weighted by Gasteiger charge is 2.13. The summed E-state index contributed by atoms with van der Waals surface area (Å²) in [6, 6.07) is 8.96. The molecule has 0 bridgehead atoms. The number of aromatic nitrogens is 1. The summed E-state index contributed by atoms with van der Waals surface area (Å²) >= 11 is 1.13. The lowest BCUT2D eigenvalue weighted by molar-refractivity contribution is 0.102. The summed E-state index contributed by atoms with van der Waals surface area (Å²) < 4.78 is 5.39. The number of benzene rings is 1. The third kappa shape index (κ3) is 3.09. The molecule has 0 aliphatic rings. The van der Waals surface area contributed by atoms with Crippen molar-refractivity contribution in [3.63, 3.8) is 0 Å². The first-order valence-electron chi connectivity index (χ1n) is 5.63. The molecule has 0 aliphatic carbocycles. The van der Waals surface area contributed by atoms with Crippen molar-refractivity contribution in [1.29, 1.82) is 5.26 Å². The number of ether oxygens (including phenoxy) is 1. The van der Waals surface area contributed by atoms with Gasteiger partial charge in [-0.05, 0) is 19.1 Å². The second-order valence-electron chi connectivity index (χ2n) is 3.52. The van der Waals surface area contributed by atoms with Gasteiger partial charge in [0.15, 0.2) is 5.13 Å². The average molecular weight is 273 g/mol. The van der Waals surface area contributed by atoms with Gasteiger partial charge in [-0.15, -0.1) is 0 Å². The van der Waals surface area contributed by atoms with Crippen LogP contribution in [-0.2, 0) is 0 Å². The van der Waals surface area contributed by atoms with Crippen LogP contribution in [0.1, 0.15) is 22.2 Å². The zero-order chi connectivity index (χ0) is 13.7. The molecule has 1 N–H and O–H groups in total. The van der Waals surface area contributed by atoms with Crippen molar-refractivity contribution in [1.82, 2.24) is 4.98 Å². The zero-order valence-corrected chi connectivity index (χ0v) is 11.0. The number of para-hydroxylation sites is 1. The van der Waals surface area contributed by atoms with Crippen LogP contribution in [0.25, 0.3) is 0 Å². The van der Waals surface area contributed by atoms with Gasteiger partial charge in [0.2, 0.25) is 0 Å². The van der Waals surface area contributed by atoms with Gasteiger partial charge in [-0.3, -0.25) is 10.1 Å². The minimum Gasteiger partial charge on any atom is -0.493 e. The summed E-state index contributed by atoms with van der Waals surface area (Å²) in [4.78, 5) is 16.5. The highest BCUT2D eigenvalue weighted by atomic mass is 32.1. The van der Waals surface area contributed by atoms with E-state index in [1.54, 1.807) is 24.3 Å². The molecule has 1 amide bonds. The van der Waals surface area contributed by atoms with Gasteiger partial charge in [-0.25, -0.2) is 4.98 Å². The summed E-state index contributed by atoms with van der Waals surface area (Å²) in [7, 11) is 0. The Morgan fingerprint density at radius 1 is 1.53 bits per heavy atom. The standard InChI is InChI=1S/C13H11N3O2S/c1-2-18-11-6-4-3-5-10(11)12(17)16-13-15-8-9(7-14)19-13/h3-6,8H,2H2,1H3,(H,15,16,17). The summed E-state index contributed by atoms with van der Waals surface area (Å²) in [5, 5.41) is 11.7. The fraction of sp³-hybridized carbons (Fsp3) is 0.154. The van der Waals surface area contributed by atoms with Crippen LogP contribution in [0, 0.1) is 11.3 Å². The Labute approximate surface area is 114 Å². The van der Waals surface area contributed by atoms with Crippen LogP contribution >= 0.6 is 11.3 Å². The smallest absolute Gasteiger partial charge is 0.261 e. The number of nitrogens with zero attached hydrogens (tertiary/aromatic N) is 2. The molecule has 2 rings (SSSR count). The van der Waals surface area contributed by atoms with E-state index < -0.39 is 0 Å². The number of carbonyl (C=O) groups excluding carboxylic acids is 1. The second-order valence-corrected chi connectivity index (χ2v) is 4.56. The van der Waals surface area contributed by atoms with Crippen molar-refractivity contribution in [3.8, 4) is 11.8 Å². The summed E-state index contributed by atoms with van der Waals surface area (Å²) in [5.74, 6) is 0.224. The van der Waals surface area contributed by atoms with Gasteiger partial charge in [-0.1, -0.05) is 23.5 Å². The maximum Gasteiger partial charge on any atom is 0.261 e. The van der Waals surface area contributed by atoms with Gasteiger partial charge in [0, 0.05) is 0 Å². The Balaban J connectivity index is 2.18. The molecular weight excluding hydrogens is 262 g/mol. The Morgan fingerprint density at radius 3 is 3.00 bits per heavy atom. The maximum absolute atomic E-state index is 12.1. The van der Waals surface area contributed by atoms with Gasteiger partial charge in [0.1, 0.15) is 16.7 Å². The Kier molecular flexibility index (Phi) is 4.11. The van der Waals surface area contributed by atoms with Gasteiger partial charge >= 0.3 is 0 Å². The zero-order valence-electron chi connectivity index (χ0n) is 10.2. The molecule has 1 aromatic heterocycles. The van der Waals surface area contributed by atoms with Crippen molar-refractivity contribution >= 4 is 22.4 Å². The van der Waals surface area contributed by atoms with Crippen LogP contribution in [0.5, 0.6) is 5.75 Å². The molecular formula is C13H11N3O2S. The van der Waals surface area contributed by atoms with E-state index in [0.29, 0.717) is 27.9 Å². The van der Waals surface area contributed by atoms with Crippen molar-refractivity contribution < 1.29 is 9.53 Å². The van der Waals surface area contributed by atoms with Crippen molar-refractivity contribution in [2.45, 2.75) is 6.92 Å². The Morgan fingerprint density at radius 2 is 2.32 bits per heavy atom. The summed E-state index contributed by atoms with van der Waals surface area (Å²) in [6.07, 6.45) is 1.43. The number of nitriles is 1. The van der Waals surface area contributed by atoms with Gasteiger partial charge in [0.05, 0.1) is 18.4 Å². The van der Waals surface area contributed by atoms with E-state index in [1.165, 1.54) is 6.20 Å². The first-order valence-corrected chi connectivity index (χ1v) is 6.45. The van der Waals surface area contributed by atoms with Crippen LogP contribution in [0.3, 0.4) is 0 Å². The lowest BCUT2D eigenvalue weighted by Gasteiger charge is -2.08. The van der Waals surface area contributed by atoms with Crippen LogP contribution in [0.15, 0.2) is 30.5 Å².